The fourth-order valence-electron chi connectivity index (χ4n) is 3.30. The number of amides is 2. The van der Waals surface area contributed by atoms with Gasteiger partial charge in [0.25, 0.3) is 11.8 Å². The van der Waals surface area contributed by atoms with Crippen LogP contribution in [0.1, 0.15) is 40.0 Å². The van der Waals surface area contributed by atoms with Gasteiger partial charge in [-0.25, -0.2) is 0 Å². The summed E-state index contributed by atoms with van der Waals surface area (Å²) in [5, 5.41) is 8.99. The number of carbonyl (C=O) groups excluding carboxylic acids is 2. The monoisotopic (exact) mass is 352 g/mol. The molecule has 0 atom stereocenters. The summed E-state index contributed by atoms with van der Waals surface area (Å²) in [6.07, 6.45) is 2.05. The van der Waals surface area contributed by atoms with Gasteiger partial charge in [-0.05, 0) is 51.0 Å². The van der Waals surface area contributed by atoms with Gasteiger partial charge in [-0.3, -0.25) is 19.3 Å². The summed E-state index contributed by atoms with van der Waals surface area (Å²) in [4.78, 5) is 38.9. The van der Waals surface area contributed by atoms with Crippen molar-refractivity contribution in [3.8, 4) is 0 Å². The van der Waals surface area contributed by atoms with Crippen LogP contribution in [0.25, 0.3) is 0 Å². The van der Waals surface area contributed by atoms with Crippen molar-refractivity contribution in [1.82, 2.24) is 9.80 Å². The maximum absolute atomic E-state index is 12.2. The number of rotatable bonds is 5. The molecule has 1 N–H and O–H groups in total. The molecule has 1 aromatic carbocycles. The topological polar surface area (TPSA) is 77.9 Å². The van der Waals surface area contributed by atoms with Crippen molar-refractivity contribution in [3.63, 3.8) is 0 Å². The molecule has 0 aromatic heterocycles. The van der Waals surface area contributed by atoms with E-state index in [1.807, 2.05) is 0 Å². The number of nitrogens with zero attached hydrogens (tertiary/aromatic N) is 2. The third-order valence-electron chi connectivity index (χ3n) is 4.67. The molecule has 1 saturated heterocycles. The molecule has 0 aliphatic carbocycles. The van der Waals surface area contributed by atoms with E-state index in [4.69, 9.17) is 5.11 Å². The van der Waals surface area contributed by atoms with Gasteiger partial charge in [-0.1, -0.05) is 12.1 Å². The lowest BCUT2D eigenvalue weighted by Gasteiger charge is -2.30. The summed E-state index contributed by atoms with van der Waals surface area (Å²) in [5.41, 5.74) is 0.972. The summed E-state index contributed by atoms with van der Waals surface area (Å²) in [7, 11) is 0. The predicted octanol–water partition coefficient (Wildman–Crippen LogP) is 1.89. The van der Waals surface area contributed by atoms with E-state index in [0.29, 0.717) is 36.9 Å². The molecule has 1 aromatic rings. The molecule has 7 heteroatoms. The zero-order valence-corrected chi connectivity index (χ0v) is 14.1. The Balaban J connectivity index is 0.00000208. The van der Waals surface area contributed by atoms with E-state index < -0.39 is 5.97 Å². The van der Waals surface area contributed by atoms with Crippen LogP contribution in [0.5, 0.6) is 0 Å². The van der Waals surface area contributed by atoms with E-state index in [2.05, 4.69) is 4.90 Å². The van der Waals surface area contributed by atoms with E-state index >= 15 is 0 Å². The standard InChI is InChI=1S/C17H20N2O4.ClH/c20-15-13-4-1-2-5-14(13)16(21)19(15)9-3-8-18-10-6-12(7-11-18)17(22)23;/h1-2,4-5,12H,3,6-11H2,(H,22,23);1H. The first kappa shape index (κ1) is 18.4. The zero-order valence-electron chi connectivity index (χ0n) is 13.3. The number of carboxylic acids is 1. The number of aliphatic carboxylic acids is 1. The highest BCUT2D eigenvalue weighted by Gasteiger charge is 2.34. The molecule has 2 aliphatic heterocycles. The highest BCUT2D eigenvalue weighted by molar-refractivity contribution is 6.21. The number of fused-ring (bicyclic) bond motifs is 1. The second-order valence-corrected chi connectivity index (χ2v) is 6.12. The molecule has 0 saturated carbocycles. The Morgan fingerprint density at radius 1 is 1.04 bits per heavy atom. The lowest BCUT2D eigenvalue weighted by Crippen LogP contribution is -2.38. The molecule has 0 spiro atoms. The summed E-state index contributed by atoms with van der Waals surface area (Å²) in [6.45, 7) is 2.71. The minimum Gasteiger partial charge on any atom is -0.481 e. The molecule has 0 radical (unpaired) electrons. The predicted molar refractivity (Wildman–Crippen MR) is 90.5 cm³/mol. The van der Waals surface area contributed by atoms with Crippen LogP contribution in [-0.2, 0) is 4.79 Å². The SMILES string of the molecule is Cl.O=C(O)C1CCN(CCCN2C(=O)c3ccccc3C2=O)CC1. The van der Waals surface area contributed by atoms with Crippen LogP contribution in [0.15, 0.2) is 24.3 Å². The van der Waals surface area contributed by atoms with Gasteiger partial charge >= 0.3 is 5.97 Å². The normalized spacial score (nSPS) is 18.4. The highest BCUT2D eigenvalue weighted by Crippen LogP contribution is 2.23. The van der Waals surface area contributed by atoms with Gasteiger partial charge in [-0.2, -0.15) is 0 Å². The third kappa shape index (κ3) is 3.60. The first-order valence-electron chi connectivity index (χ1n) is 7.98. The Hall–Kier alpha value is -1.92. The van der Waals surface area contributed by atoms with Gasteiger partial charge in [0, 0.05) is 6.54 Å². The average Bonchev–Trinajstić information content (AvgIpc) is 2.81. The molecule has 2 heterocycles. The lowest BCUT2D eigenvalue weighted by atomic mass is 9.97. The van der Waals surface area contributed by atoms with Crippen LogP contribution in [0.2, 0.25) is 0 Å². The number of benzene rings is 1. The first-order chi connectivity index (χ1) is 11.1. The van der Waals surface area contributed by atoms with E-state index in [1.54, 1.807) is 24.3 Å². The molecule has 0 bridgehead atoms. The number of carboxylic acid groups (broad SMARTS) is 1. The summed E-state index contributed by atoms with van der Waals surface area (Å²) in [5.74, 6) is -1.37. The Labute approximate surface area is 146 Å². The van der Waals surface area contributed by atoms with E-state index in [0.717, 1.165) is 19.6 Å². The lowest BCUT2D eigenvalue weighted by molar-refractivity contribution is -0.143. The largest absolute Gasteiger partial charge is 0.481 e. The molecule has 24 heavy (non-hydrogen) atoms. The maximum Gasteiger partial charge on any atom is 0.306 e. The Morgan fingerprint density at radius 3 is 2.08 bits per heavy atom. The number of likely N-dealkylation sites (tertiary alicyclic amines) is 1. The first-order valence-corrected chi connectivity index (χ1v) is 7.98. The molecule has 130 valence electrons. The average molecular weight is 353 g/mol. The molecular formula is C17H21ClN2O4. The Kier molecular flexibility index (Phi) is 5.96. The van der Waals surface area contributed by atoms with E-state index in [1.165, 1.54) is 4.90 Å². The number of carbonyl (C=O) groups is 3. The molecule has 2 aliphatic rings. The number of imide groups is 1. The van der Waals surface area contributed by atoms with Crippen molar-refractivity contribution in [3.05, 3.63) is 35.4 Å². The van der Waals surface area contributed by atoms with Crippen molar-refractivity contribution in [2.24, 2.45) is 5.92 Å². The van der Waals surface area contributed by atoms with Crippen molar-refractivity contribution in [2.45, 2.75) is 19.3 Å². The molecular weight excluding hydrogens is 332 g/mol. The van der Waals surface area contributed by atoms with Crippen molar-refractivity contribution in [2.75, 3.05) is 26.2 Å². The molecule has 3 rings (SSSR count). The third-order valence-corrected chi connectivity index (χ3v) is 4.67. The van der Waals surface area contributed by atoms with Crippen LogP contribution in [0.3, 0.4) is 0 Å². The van der Waals surface area contributed by atoms with Crippen LogP contribution in [0.4, 0.5) is 0 Å². The van der Waals surface area contributed by atoms with Gasteiger partial charge in [0.15, 0.2) is 0 Å². The van der Waals surface area contributed by atoms with Gasteiger partial charge in [0.05, 0.1) is 17.0 Å². The second kappa shape index (κ2) is 7.77. The summed E-state index contributed by atoms with van der Waals surface area (Å²) >= 11 is 0. The van der Waals surface area contributed by atoms with E-state index in [9.17, 15) is 14.4 Å². The number of hydrogen-bond donors (Lipinski definition) is 1. The Bertz CT molecular complexity index is 606. The quantitative estimate of drug-likeness (QED) is 0.819. The molecule has 2 amide bonds. The second-order valence-electron chi connectivity index (χ2n) is 6.12. The highest BCUT2D eigenvalue weighted by atomic mass is 35.5. The fraction of sp³-hybridized carbons (Fsp3) is 0.471. The fourth-order valence-corrected chi connectivity index (χ4v) is 3.30. The molecule has 6 nitrogen and oxygen atoms in total. The number of halogens is 1. The number of hydrogen-bond acceptors (Lipinski definition) is 4. The minimum atomic E-state index is -0.712. The summed E-state index contributed by atoms with van der Waals surface area (Å²) < 4.78 is 0. The van der Waals surface area contributed by atoms with Crippen LogP contribution in [0, 0.1) is 5.92 Å². The minimum absolute atomic E-state index is 0. The van der Waals surface area contributed by atoms with Crippen LogP contribution < -0.4 is 0 Å². The van der Waals surface area contributed by atoms with Crippen LogP contribution in [-0.4, -0.2) is 58.9 Å². The van der Waals surface area contributed by atoms with Crippen molar-refractivity contribution >= 4 is 30.2 Å². The van der Waals surface area contributed by atoms with Gasteiger partial charge in [0.2, 0.25) is 0 Å². The van der Waals surface area contributed by atoms with Crippen LogP contribution >= 0.6 is 12.4 Å². The smallest absolute Gasteiger partial charge is 0.306 e. The zero-order chi connectivity index (χ0) is 16.4. The summed E-state index contributed by atoms with van der Waals surface area (Å²) in [6, 6.07) is 6.90. The molecule has 1 fully saturated rings. The van der Waals surface area contributed by atoms with Gasteiger partial charge < -0.3 is 10.0 Å². The van der Waals surface area contributed by atoms with Gasteiger partial charge in [-0.15, -0.1) is 12.4 Å². The maximum atomic E-state index is 12.2. The van der Waals surface area contributed by atoms with Crippen molar-refractivity contribution < 1.29 is 19.5 Å². The number of piperidine rings is 1. The van der Waals surface area contributed by atoms with E-state index in [-0.39, 0.29) is 30.1 Å². The Morgan fingerprint density at radius 2 is 1.58 bits per heavy atom. The van der Waals surface area contributed by atoms with Crippen molar-refractivity contribution in [1.29, 1.82) is 0 Å². The molecule has 0 unspecified atom stereocenters. The van der Waals surface area contributed by atoms with Gasteiger partial charge in [0.1, 0.15) is 0 Å².